The van der Waals surface area contributed by atoms with Gasteiger partial charge in [-0.15, -0.1) is 0 Å². The van der Waals surface area contributed by atoms with Crippen LogP contribution in [0.1, 0.15) is 45.4 Å². The smallest absolute Gasteiger partial charge is 0.308 e. The van der Waals surface area contributed by atoms with Crippen molar-refractivity contribution in [1.82, 2.24) is 4.90 Å². The molecule has 4 nitrogen and oxygen atoms in total. The first-order valence-corrected chi connectivity index (χ1v) is 8.21. The highest BCUT2D eigenvalue weighted by atomic mass is 16.5. The van der Waals surface area contributed by atoms with Crippen LogP contribution in [0.5, 0.6) is 0 Å². The molecule has 20 heavy (non-hydrogen) atoms. The first-order chi connectivity index (χ1) is 9.69. The van der Waals surface area contributed by atoms with Crippen LogP contribution in [0.2, 0.25) is 0 Å². The van der Waals surface area contributed by atoms with Gasteiger partial charge in [-0.05, 0) is 57.2 Å². The van der Waals surface area contributed by atoms with Gasteiger partial charge in [0.15, 0.2) is 0 Å². The molecule has 0 amide bonds. The molecule has 0 bridgehead atoms. The maximum Gasteiger partial charge on any atom is 0.308 e. The van der Waals surface area contributed by atoms with Crippen LogP contribution in [0.25, 0.3) is 0 Å². The van der Waals surface area contributed by atoms with Crippen molar-refractivity contribution in [2.45, 2.75) is 51.5 Å². The molecule has 116 valence electrons. The molecule has 0 aromatic carbocycles. The van der Waals surface area contributed by atoms with E-state index in [4.69, 9.17) is 10.5 Å². The number of nitrogens with two attached hydrogens (primary N) is 1. The Bertz CT molecular complexity index is 314. The first-order valence-electron chi connectivity index (χ1n) is 8.21. The lowest BCUT2D eigenvalue weighted by molar-refractivity contribution is -0.147. The summed E-state index contributed by atoms with van der Waals surface area (Å²) in [6, 6.07) is 0.636. The summed E-state index contributed by atoms with van der Waals surface area (Å²) in [6.07, 6.45) is 7.08. The zero-order chi connectivity index (χ0) is 14.5. The van der Waals surface area contributed by atoms with E-state index in [0.29, 0.717) is 12.0 Å². The van der Waals surface area contributed by atoms with Crippen molar-refractivity contribution in [3.05, 3.63) is 0 Å². The monoisotopic (exact) mass is 282 g/mol. The number of methoxy groups -OCH3 is 1. The maximum atomic E-state index is 11.6. The van der Waals surface area contributed by atoms with Gasteiger partial charge in [-0.1, -0.05) is 19.8 Å². The molecule has 0 aromatic heterocycles. The van der Waals surface area contributed by atoms with E-state index in [1.165, 1.54) is 32.8 Å². The van der Waals surface area contributed by atoms with Crippen LogP contribution in [0, 0.1) is 17.8 Å². The summed E-state index contributed by atoms with van der Waals surface area (Å²) in [5.74, 6) is 1.59. The van der Waals surface area contributed by atoms with E-state index in [-0.39, 0.29) is 11.9 Å². The predicted molar refractivity (Wildman–Crippen MR) is 80.3 cm³/mol. The summed E-state index contributed by atoms with van der Waals surface area (Å²) >= 11 is 0. The first kappa shape index (κ1) is 15.8. The Hall–Kier alpha value is -0.610. The average molecular weight is 282 g/mol. The van der Waals surface area contributed by atoms with Gasteiger partial charge >= 0.3 is 5.97 Å². The van der Waals surface area contributed by atoms with E-state index >= 15 is 0 Å². The van der Waals surface area contributed by atoms with Crippen molar-refractivity contribution in [2.24, 2.45) is 23.5 Å². The molecular formula is C16H30N2O2. The molecule has 1 aliphatic carbocycles. The van der Waals surface area contributed by atoms with Gasteiger partial charge in [0.2, 0.25) is 0 Å². The third-order valence-corrected chi connectivity index (χ3v) is 5.48. The number of ether oxygens (including phenoxy) is 1. The molecule has 0 aromatic rings. The number of rotatable bonds is 4. The normalized spacial score (nSPS) is 33.0. The number of carbonyl (C=O) groups is 1. The van der Waals surface area contributed by atoms with Gasteiger partial charge in [0, 0.05) is 6.04 Å². The van der Waals surface area contributed by atoms with Gasteiger partial charge < -0.3 is 15.4 Å². The molecule has 3 atom stereocenters. The van der Waals surface area contributed by atoms with Gasteiger partial charge in [-0.3, -0.25) is 4.79 Å². The van der Waals surface area contributed by atoms with Gasteiger partial charge in [-0.25, -0.2) is 0 Å². The van der Waals surface area contributed by atoms with Gasteiger partial charge in [0.05, 0.1) is 13.0 Å². The van der Waals surface area contributed by atoms with Crippen molar-refractivity contribution in [1.29, 1.82) is 0 Å². The highest BCUT2D eigenvalue weighted by molar-refractivity contribution is 5.72. The standard InChI is InChI=1S/C16H30N2O2/c1-3-12-4-5-14(11-17)15(10-12)18-8-6-13(7-9-18)16(19)20-2/h12-15H,3-11,17H2,1-2H3. The summed E-state index contributed by atoms with van der Waals surface area (Å²) in [4.78, 5) is 14.2. The molecule has 3 unspecified atom stereocenters. The van der Waals surface area contributed by atoms with Gasteiger partial charge in [-0.2, -0.15) is 0 Å². The Balaban J connectivity index is 1.91. The van der Waals surface area contributed by atoms with E-state index in [1.54, 1.807) is 0 Å². The van der Waals surface area contributed by atoms with Gasteiger partial charge in [0.1, 0.15) is 0 Å². The fourth-order valence-corrected chi connectivity index (χ4v) is 4.02. The maximum absolute atomic E-state index is 11.6. The minimum atomic E-state index is -0.0323. The van der Waals surface area contributed by atoms with E-state index in [1.807, 2.05) is 0 Å². The number of piperidine rings is 1. The van der Waals surface area contributed by atoms with Crippen molar-refractivity contribution < 1.29 is 9.53 Å². The highest BCUT2D eigenvalue weighted by Crippen LogP contribution is 2.35. The van der Waals surface area contributed by atoms with Crippen molar-refractivity contribution in [3.8, 4) is 0 Å². The van der Waals surface area contributed by atoms with Crippen LogP contribution in [-0.2, 0) is 9.53 Å². The second kappa shape index (κ2) is 7.41. The summed E-state index contributed by atoms with van der Waals surface area (Å²) in [7, 11) is 1.49. The Kier molecular flexibility index (Phi) is 5.85. The second-order valence-electron chi connectivity index (χ2n) is 6.48. The molecule has 1 saturated carbocycles. The Morgan fingerprint density at radius 1 is 1.25 bits per heavy atom. The number of carbonyl (C=O) groups excluding carboxylic acids is 1. The molecular weight excluding hydrogens is 252 g/mol. The second-order valence-corrected chi connectivity index (χ2v) is 6.48. The van der Waals surface area contributed by atoms with Crippen LogP contribution in [0.4, 0.5) is 0 Å². The van der Waals surface area contributed by atoms with E-state index in [9.17, 15) is 4.79 Å². The minimum Gasteiger partial charge on any atom is -0.469 e. The lowest BCUT2D eigenvalue weighted by Crippen LogP contribution is -2.50. The quantitative estimate of drug-likeness (QED) is 0.802. The van der Waals surface area contributed by atoms with Crippen LogP contribution in [0.3, 0.4) is 0 Å². The minimum absolute atomic E-state index is 0.0323. The van der Waals surface area contributed by atoms with E-state index in [2.05, 4.69) is 11.8 Å². The zero-order valence-electron chi connectivity index (χ0n) is 13.0. The summed E-state index contributed by atoms with van der Waals surface area (Å²) < 4.78 is 4.87. The van der Waals surface area contributed by atoms with E-state index < -0.39 is 0 Å². The molecule has 0 radical (unpaired) electrons. The number of esters is 1. The number of hydrogen-bond donors (Lipinski definition) is 1. The summed E-state index contributed by atoms with van der Waals surface area (Å²) in [5.41, 5.74) is 5.98. The molecule has 4 heteroatoms. The van der Waals surface area contributed by atoms with E-state index in [0.717, 1.165) is 38.4 Å². The average Bonchev–Trinajstić information content (AvgIpc) is 2.53. The van der Waals surface area contributed by atoms with Crippen molar-refractivity contribution in [2.75, 3.05) is 26.7 Å². The molecule has 2 aliphatic rings. The van der Waals surface area contributed by atoms with Crippen molar-refractivity contribution >= 4 is 5.97 Å². The Morgan fingerprint density at radius 2 is 1.95 bits per heavy atom. The largest absolute Gasteiger partial charge is 0.469 e. The zero-order valence-corrected chi connectivity index (χ0v) is 13.0. The SMILES string of the molecule is CCC1CCC(CN)C(N2CCC(C(=O)OC)CC2)C1. The molecule has 1 saturated heterocycles. The molecule has 2 fully saturated rings. The van der Waals surface area contributed by atoms with Crippen LogP contribution < -0.4 is 5.73 Å². The summed E-state index contributed by atoms with van der Waals surface area (Å²) in [6.45, 7) is 5.15. The number of likely N-dealkylation sites (tertiary alicyclic amines) is 1. The summed E-state index contributed by atoms with van der Waals surface area (Å²) in [5, 5.41) is 0. The van der Waals surface area contributed by atoms with Crippen LogP contribution >= 0.6 is 0 Å². The topological polar surface area (TPSA) is 55.6 Å². The van der Waals surface area contributed by atoms with Gasteiger partial charge in [0.25, 0.3) is 0 Å². The molecule has 2 rings (SSSR count). The lowest BCUT2D eigenvalue weighted by Gasteiger charge is -2.44. The lowest BCUT2D eigenvalue weighted by atomic mass is 9.76. The fraction of sp³-hybridized carbons (Fsp3) is 0.938. The predicted octanol–water partition coefficient (Wildman–Crippen LogP) is 2.02. The Labute approximate surface area is 123 Å². The fourth-order valence-electron chi connectivity index (χ4n) is 4.02. The molecule has 2 N–H and O–H groups in total. The highest BCUT2D eigenvalue weighted by Gasteiger charge is 2.36. The molecule has 1 aliphatic heterocycles. The van der Waals surface area contributed by atoms with Crippen LogP contribution in [-0.4, -0.2) is 43.7 Å². The number of hydrogen-bond acceptors (Lipinski definition) is 4. The molecule has 1 heterocycles. The third-order valence-electron chi connectivity index (χ3n) is 5.48. The molecule has 0 spiro atoms. The Morgan fingerprint density at radius 3 is 2.50 bits per heavy atom. The van der Waals surface area contributed by atoms with Crippen molar-refractivity contribution in [3.63, 3.8) is 0 Å². The third kappa shape index (κ3) is 3.53. The number of nitrogens with zero attached hydrogens (tertiary/aromatic N) is 1. The van der Waals surface area contributed by atoms with Crippen LogP contribution in [0.15, 0.2) is 0 Å².